The van der Waals surface area contributed by atoms with Crippen LogP contribution in [0.4, 0.5) is 8.78 Å². The monoisotopic (exact) mass is 319 g/mol. The lowest BCUT2D eigenvalue weighted by Crippen LogP contribution is -2.43. The van der Waals surface area contributed by atoms with Crippen LogP contribution in [-0.2, 0) is 10.0 Å². The molecule has 2 rings (SSSR count). The fourth-order valence-corrected chi connectivity index (χ4v) is 4.06. The summed E-state index contributed by atoms with van der Waals surface area (Å²) in [6, 6.07) is 2.05. The Morgan fingerprint density at radius 1 is 1.29 bits per heavy atom. The third-order valence-electron chi connectivity index (χ3n) is 3.63. The Labute approximate surface area is 123 Å². The van der Waals surface area contributed by atoms with Gasteiger partial charge in [-0.25, -0.2) is 17.2 Å². The molecule has 7 heteroatoms. The van der Waals surface area contributed by atoms with Gasteiger partial charge in [0.1, 0.15) is 11.6 Å². The van der Waals surface area contributed by atoms with Crippen LogP contribution in [0.5, 0.6) is 0 Å². The highest BCUT2D eigenvalue weighted by Gasteiger charge is 2.45. The maximum Gasteiger partial charge on any atom is 0.219 e. The van der Waals surface area contributed by atoms with Gasteiger partial charge in [-0.3, -0.25) is 0 Å². The molecule has 1 aliphatic heterocycles. The van der Waals surface area contributed by atoms with E-state index in [-0.39, 0.29) is 18.5 Å². The Bertz CT molecular complexity index is 640. The molecule has 0 amide bonds. The Morgan fingerprint density at radius 2 is 1.90 bits per heavy atom. The van der Waals surface area contributed by atoms with E-state index in [9.17, 15) is 22.3 Å². The Kier molecular flexibility index (Phi) is 4.12. The van der Waals surface area contributed by atoms with Gasteiger partial charge in [0, 0.05) is 12.1 Å². The van der Waals surface area contributed by atoms with Gasteiger partial charge in [-0.05, 0) is 45.4 Å². The van der Waals surface area contributed by atoms with E-state index in [0.29, 0.717) is 0 Å². The zero-order valence-electron chi connectivity index (χ0n) is 12.2. The van der Waals surface area contributed by atoms with E-state index >= 15 is 0 Å². The van der Waals surface area contributed by atoms with E-state index in [0.717, 1.165) is 22.5 Å². The van der Waals surface area contributed by atoms with Crippen LogP contribution in [0.1, 0.15) is 38.8 Å². The molecule has 0 unspecified atom stereocenters. The van der Waals surface area contributed by atoms with Crippen LogP contribution < -0.4 is 0 Å². The molecule has 1 heterocycles. The van der Waals surface area contributed by atoms with Crippen LogP contribution >= 0.6 is 0 Å². The zero-order valence-corrected chi connectivity index (χ0v) is 13.0. The minimum Gasteiger partial charge on any atom is -0.392 e. The maximum atomic E-state index is 13.9. The minimum absolute atomic E-state index is 0.0422. The Hall–Kier alpha value is -1.05. The summed E-state index contributed by atoms with van der Waals surface area (Å²) in [5.74, 6) is -1.31. The van der Waals surface area contributed by atoms with Gasteiger partial charge in [-0.2, -0.15) is 4.31 Å². The van der Waals surface area contributed by atoms with Crippen LogP contribution in [0.25, 0.3) is 0 Å². The first-order chi connectivity index (χ1) is 9.54. The lowest BCUT2D eigenvalue weighted by atomic mass is 10.0. The molecular weight excluding hydrogens is 300 g/mol. The maximum absolute atomic E-state index is 13.9. The van der Waals surface area contributed by atoms with Crippen molar-refractivity contribution >= 4 is 10.0 Å². The summed E-state index contributed by atoms with van der Waals surface area (Å²) in [4.78, 5) is 0. The molecule has 1 fully saturated rings. The van der Waals surface area contributed by atoms with E-state index in [4.69, 9.17) is 0 Å². The fourth-order valence-electron chi connectivity index (χ4n) is 2.45. The molecule has 0 bridgehead atoms. The van der Waals surface area contributed by atoms with Crippen molar-refractivity contribution in [3.63, 3.8) is 0 Å². The van der Waals surface area contributed by atoms with Gasteiger partial charge in [0.05, 0.1) is 16.9 Å². The fraction of sp³-hybridized carbons (Fsp3) is 0.571. The van der Waals surface area contributed by atoms with E-state index < -0.39 is 38.6 Å². The highest BCUT2D eigenvalue weighted by atomic mass is 32.2. The number of benzene rings is 1. The minimum atomic E-state index is -3.75. The number of hydrogen-bond donors (Lipinski definition) is 1. The average Bonchev–Trinajstić information content (AvgIpc) is 2.73. The number of rotatable bonds is 2. The summed E-state index contributed by atoms with van der Waals surface area (Å²) in [7, 11) is -3.75. The Balaban J connectivity index is 2.50. The quantitative estimate of drug-likeness (QED) is 0.909. The van der Waals surface area contributed by atoms with Crippen LogP contribution in [0.2, 0.25) is 0 Å². The number of halogens is 2. The molecule has 0 spiro atoms. The lowest BCUT2D eigenvalue weighted by Gasteiger charge is -2.31. The molecule has 0 saturated carbocycles. The number of aliphatic hydroxyl groups is 1. The van der Waals surface area contributed by atoms with Gasteiger partial charge < -0.3 is 5.11 Å². The second kappa shape index (κ2) is 5.30. The van der Waals surface area contributed by atoms with Crippen molar-refractivity contribution in [1.29, 1.82) is 0 Å². The molecule has 1 aromatic carbocycles. The van der Waals surface area contributed by atoms with Crippen molar-refractivity contribution in [2.24, 2.45) is 0 Å². The smallest absolute Gasteiger partial charge is 0.219 e. The van der Waals surface area contributed by atoms with Crippen LogP contribution in [0.15, 0.2) is 18.2 Å². The van der Waals surface area contributed by atoms with E-state index in [1.54, 1.807) is 0 Å². The third-order valence-corrected chi connectivity index (χ3v) is 6.20. The zero-order chi connectivity index (χ0) is 16.0. The van der Waals surface area contributed by atoms with Crippen LogP contribution in [0.3, 0.4) is 0 Å². The topological polar surface area (TPSA) is 57.6 Å². The van der Waals surface area contributed by atoms with Crippen LogP contribution in [-0.4, -0.2) is 35.2 Å². The summed E-state index contributed by atoms with van der Waals surface area (Å²) in [5.41, 5.74) is -0.0422. The molecule has 2 atom stereocenters. The average molecular weight is 319 g/mol. The molecule has 1 saturated heterocycles. The largest absolute Gasteiger partial charge is 0.392 e. The van der Waals surface area contributed by atoms with E-state index in [2.05, 4.69) is 0 Å². The molecule has 118 valence electrons. The predicted octanol–water partition coefficient (Wildman–Crippen LogP) is 2.20. The number of aliphatic hydroxyl groups excluding tert-OH is 1. The first-order valence-corrected chi connectivity index (χ1v) is 8.12. The summed E-state index contributed by atoms with van der Waals surface area (Å²) < 4.78 is 52.4. The van der Waals surface area contributed by atoms with Gasteiger partial charge in [0.25, 0.3) is 0 Å². The number of hydrogen-bond acceptors (Lipinski definition) is 3. The van der Waals surface area contributed by atoms with Crippen molar-refractivity contribution in [1.82, 2.24) is 4.31 Å². The highest BCUT2D eigenvalue weighted by molar-refractivity contribution is 7.90. The summed E-state index contributed by atoms with van der Waals surface area (Å²) in [6.45, 7) is 4.49. The molecule has 4 nitrogen and oxygen atoms in total. The summed E-state index contributed by atoms with van der Waals surface area (Å²) >= 11 is 0. The van der Waals surface area contributed by atoms with Gasteiger partial charge >= 0.3 is 0 Å². The van der Waals surface area contributed by atoms with Gasteiger partial charge in [0.15, 0.2) is 0 Å². The Morgan fingerprint density at radius 3 is 2.48 bits per heavy atom. The first kappa shape index (κ1) is 16.3. The molecule has 0 aromatic heterocycles. The first-order valence-electron chi connectivity index (χ1n) is 6.68. The predicted molar refractivity (Wildman–Crippen MR) is 75.1 cm³/mol. The van der Waals surface area contributed by atoms with Gasteiger partial charge in [0.2, 0.25) is 10.0 Å². The molecule has 1 N–H and O–H groups in total. The van der Waals surface area contributed by atoms with Crippen molar-refractivity contribution in [3.05, 3.63) is 35.4 Å². The third kappa shape index (κ3) is 2.95. The number of β-amino-alcohol motifs (C(OH)–C–C–N with tert-alkyl or cyclic N) is 1. The lowest BCUT2D eigenvalue weighted by molar-refractivity contribution is 0.188. The van der Waals surface area contributed by atoms with E-state index in [1.165, 1.54) is 20.8 Å². The standard InChI is InChI=1S/C14H19F2NO3S/c1-14(2,3)21(19,20)17-8-10(18)7-13(17)11-6-9(15)4-5-12(11)16/h4-6,10,13,18H,7-8H2,1-3H3/t10-,13+/m0/s1. The molecule has 0 aliphatic carbocycles. The van der Waals surface area contributed by atoms with Crippen molar-refractivity contribution in [2.45, 2.75) is 44.1 Å². The SMILES string of the molecule is CC(C)(C)S(=O)(=O)N1C[C@@H](O)C[C@@H]1c1cc(F)ccc1F. The molecule has 0 radical (unpaired) electrons. The normalized spacial score (nSPS) is 24.5. The summed E-state index contributed by atoms with van der Waals surface area (Å²) in [6.07, 6.45) is -0.842. The van der Waals surface area contributed by atoms with E-state index in [1.807, 2.05) is 0 Å². The number of sulfonamides is 1. The molecule has 21 heavy (non-hydrogen) atoms. The molecule has 1 aliphatic rings. The molecular formula is C14H19F2NO3S. The van der Waals surface area contributed by atoms with Gasteiger partial charge in [-0.1, -0.05) is 0 Å². The second-order valence-corrected chi connectivity index (χ2v) is 8.90. The van der Waals surface area contributed by atoms with Crippen LogP contribution in [0, 0.1) is 11.6 Å². The van der Waals surface area contributed by atoms with Crippen molar-refractivity contribution < 1.29 is 22.3 Å². The summed E-state index contributed by atoms with van der Waals surface area (Å²) in [5, 5.41) is 9.80. The second-order valence-electron chi connectivity index (χ2n) is 6.26. The van der Waals surface area contributed by atoms with Gasteiger partial charge in [-0.15, -0.1) is 0 Å². The number of nitrogens with zero attached hydrogens (tertiary/aromatic N) is 1. The molecule has 1 aromatic rings. The van der Waals surface area contributed by atoms with Crippen molar-refractivity contribution in [3.8, 4) is 0 Å². The van der Waals surface area contributed by atoms with Crippen molar-refractivity contribution in [2.75, 3.05) is 6.54 Å². The highest BCUT2D eigenvalue weighted by Crippen LogP contribution is 2.39.